The fourth-order valence-electron chi connectivity index (χ4n) is 3.76. The van der Waals surface area contributed by atoms with Gasteiger partial charge in [0.05, 0.1) is 18.5 Å². The minimum Gasteiger partial charge on any atom is -0.449 e. The summed E-state index contributed by atoms with van der Waals surface area (Å²) >= 11 is 5.97. The van der Waals surface area contributed by atoms with Gasteiger partial charge in [-0.15, -0.1) is 0 Å². The van der Waals surface area contributed by atoms with E-state index >= 15 is 0 Å². The molecule has 0 fully saturated rings. The molecule has 3 N–H and O–H groups in total. The Kier molecular flexibility index (Phi) is 6.51. The molecule has 1 aromatic heterocycles. The molecule has 5 rings (SSSR count). The lowest BCUT2D eigenvalue weighted by atomic mass is 10.1. The first-order valence-electron chi connectivity index (χ1n) is 11.0. The number of halogens is 3. The molecule has 0 radical (unpaired) electrons. The van der Waals surface area contributed by atoms with Crippen molar-refractivity contribution in [3.8, 4) is 28.3 Å². The van der Waals surface area contributed by atoms with Crippen molar-refractivity contribution < 1.29 is 24.1 Å². The summed E-state index contributed by atoms with van der Waals surface area (Å²) in [5.74, 6) is -0.966. The van der Waals surface area contributed by atoms with Crippen molar-refractivity contribution in [2.45, 2.75) is 6.42 Å². The molecule has 0 saturated carbocycles. The summed E-state index contributed by atoms with van der Waals surface area (Å²) in [7, 11) is 0. The third-order valence-electron chi connectivity index (χ3n) is 5.59. The summed E-state index contributed by atoms with van der Waals surface area (Å²) in [4.78, 5) is 13.5. The third kappa shape index (κ3) is 4.72. The molecule has 10 heteroatoms. The van der Waals surface area contributed by atoms with E-state index in [0.717, 1.165) is 11.8 Å². The highest BCUT2D eigenvalue weighted by Gasteiger charge is 2.28. The Labute approximate surface area is 209 Å². The molecule has 3 aromatic carbocycles. The van der Waals surface area contributed by atoms with Crippen LogP contribution in [0, 0.1) is 11.6 Å². The minimum absolute atomic E-state index is 0.0109. The molecular formula is C26H20ClF2N4O3+. The number of nitrogens with zero attached hydrogens (tertiary/aromatic N) is 3. The summed E-state index contributed by atoms with van der Waals surface area (Å²) in [6.45, 7) is 0.0109. The molecule has 7 nitrogen and oxygen atoms in total. The van der Waals surface area contributed by atoms with Gasteiger partial charge in [-0.2, -0.15) is 14.8 Å². The molecule has 182 valence electrons. The summed E-state index contributed by atoms with van der Waals surface area (Å²) in [6, 6.07) is 16.5. The number of quaternary nitrogens is 1. The molecule has 0 amide bonds. The molecular weight excluding hydrogens is 490 g/mol. The van der Waals surface area contributed by atoms with Crippen LogP contribution in [0.4, 0.5) is 14.5 Å². The first-order chi connectivity index (χ1) is 17.4. The van der Waals surface area contributed by atoms with Gasteiger partial charge >= 0.3 is 5.56 Å². The van der Waals surface area contributed by atoms with Crippen molar-refractivity contribution in [2.24, 2.45) is 0 Å². The maximum absolute atomic E-state index is 14.2. The number of aliphatic hydroxyl groups excluding tert-OH is 1. The number of anilines is 1. The number of hydrogen-bond donors (Lipinski definition) is 2. The lowest BCUT2D eigenvalue weighted by Crippen LogP contribution is -2.97. The van der Waals surface area contributed by atoms with E-state index in [4.69, 9.17) is 21.4 Å². The smallest absolute Gasteiger partial charge is 0.316 e. The highest BCUT2D eigenvalue weighted by atomic mass is 35.5. The first-order valence-corrected chi connectivity index (χ1v) is 11.4. The predicted molar refractivity (Wildman–Crippen MR) is 131 cm³/mol. The van der Waals surface area contributed by atoms with Crippen molar-refractivity contribution in [2.75, 3.05) is 11.6 Å². The Bertz CT molecular complexity index is 1510. The molecule has 1 aliphatic rings. The van der Waals surface area contributed by atoms with Crippen molar-refractivity contribution >= 4 is 17.3 Å². The Morgan fingerprint density at radius 1 is 1.03 bits per heavy atom. The number of rotatable bonds is 7. The van der Waals surface area contributed by atoms with E-state index in [-0.39, 0.29) is 17.9 Å². The van der Waals surface area contributed by atoms with Gasteiger partial charge < -0.3 is 9.84 Å². The van der Waals surface area contributed by atoms with Crippen molar-refractivity contribution in [3.05, 3.63) is 112 Å². The van der Waals surface area contributed by atoms with Gasteiger partial charge in [-0.25, -0.2) is 14.2 Å². The highest BCUT2D eigenvalue weighted by Crippen LogP contribution is 2.31. The van der Waals surface area contributed by atoms with Gasteiger partial charge in [0.2, 0.25) is 5.75 Å². The monoisotopic (exact) mass is 509 g/mol. The van der Waals surface area contributed by atoms with E-state index in [0.29, 0.717) is 34.1 Å². The Balaban J connectivity index is 1.51. The normalized spacial score (nSPS) is 12.8. The van der Waals surface area contributed by atoms with Crippen molar-refractivity contribution in [1.29, 1.82) is 0 Å². The van der Waals surface area contributed by atoms with Crippen LogP contribution in [0.3, 0.4) is 0 Å². The van der Waals surface area contributed by atoms with E-state index in [9.17, 15) is 13.6 Å². The van der Waals surface area contributed by atoms with Gasteiger partial charge in [-0.05, 0) is 54.1 Å². The third-order valence-corrected chi connectivity index (χ3v) is 5.84. The van der Waals surface area contributed by atoms with Gasteiger partial charge in [0, 0.05) is 23.1 Å². The van der Waals surface area contributed by atoms with E-state index in [1.807, 2.05) is 0 Å². The summed E-state index contributed by atoms with van der Waals surface area (Å²) in [6.07, 6.45) is 3.78. The molecule has 0 atom stereocenters. The number of benzene rings is 3. The first kappa shape index (κ1) is 23.7. The molecule has 0 bridgehead atoms. The van der Waals surface area contributed by atoms with Gasteiger partial charge in [0.1, 0.15) is 23.6 Å². The molecule has 2 heterocycles. The number of aromatic nitrogens is 2. The van der Waals surface area contributed by atoms with Crippen LogP contribution in [-0.2, 0) is 0 Å². The molecule has 0 spiro atoms. The Morgan fingerprint density at radius 2 is 1.75 bits per heavy atom. The molecule has 36 heavy (non-hydrogen) atoms. The SMILES string of the molecule is O=c1c(Oc2ccc(-c3ccc(F)cc3F)cc2)c(N2C=C(CCO)[NH2+]2)cnn1-c1ccc(Cl)cc1. The van der Waals surface area contributed by atoms with Crippen LogP contribution in [0.1, 0.15) is 6.42 Å². The van der Waals surface area contributed by atoms with Gasteiger partial charge in [0.25, 0.3) is 0 Å². The quantitative estimate of drug-likeness (QED) is 0.366. The standard InChI is InChI=1S/C26H19ClF2N4O3/c27-17-3-6-20(7-4-17)33-26(35)25(24(14-30-33)32-15-19(31-32)11-12-34)36-21-8-1-16(2-9-21)22-10-5-18(28)13-23(22)29/h1-10,13-15,31,34H,11-12H2/p+1. The maximum atomic E-state index is 14.2. The minimum atomic E-state index is -0.676. The summed E-state index contributed by atoms with van der Waals surface area (Å²) < 4.78 is 34.7. The second-order valence-corrected chi connectivity index (χ2v) is 8.45. The zero-order chi connectivity index (χ0) is 25.2. The molecule has 0 aliphatic carbocycles. The van der Waals surface area contributed by atoms with E-state index in [1.165, 1.54) is 23.0 Å². The fourth-order valence-corrected chi connectivity index (χ4v) is 3.89. The van der Waals surface area contributed by atoms with Crippen LogP contribution < -0.4 is 20.7 Å². The number of nitrogens with two attached hydrogens (primary N) is 1. The van der Waals surface area contributed by atoms with Crippen molar-refractivity contribution in [1.82, 2.24) is 9.78 Å². The van der Waals surface area contributed by atoms with E-state index in [1.54, 1.807) is 65.2 Å². The largest absolute Gasteiger partial charge is 0.449 e. The van der Waals surface area contributed by atoms with Crippen LogP contribution >= 0.6 is 11.6 Å². The number of aliphatic hydroxyl groups is 1. The maximum Gasteiger partial charge on any atom is 0.316 e. The van der Waals surface area contributed by atoms with Gasteiger partial charge in [0.15, 0.2) is 11.4 Å². The second kappa shape index (κ2) is 9.90. The van der Waals surface area contributed by atoms with Gasteiger partial charge in [-0.3, -0.25) is 4.79 Å². The zero-order valence-corrected chi connectivity index (χ0v) is 19.5. The number of hydrogen-bond acceptors (Lipinski definition) is 5. The van der Waals surface area contributed by atoms with Crippen LogP contribution in [0.5, 0.6) is 11.5 Å². The Hall–Kier alpha value is -4.05. The van der Waals surface area contributed by atoms with Crippen LogP contribution in [-0.4, -0.2) is 21.5 Å². The summed E-state index contributed by atoms with van der Waals surface area (Å²) in [5, 5.41) is 15.7. The Morgan fingerprint density at radius 3 is 2.42 bits per heavy atom. The van der Waals surface area contributed by atoms with Gasteiger partial charge in [-0.1, -0.05) is 23.7 Å². The van der Waals surface area contributed by atoms with E-state index in [2.05, 4.69) is 5.10 Å². The summed E-state index contributed by atoms with van der Waals surface area (Å²) in [5.41, 5.74) is 3.90. The lowest BCUT2D eigenvalue weighted by Gasteiger charge is -2.27. The molecule has 4 aromatic rings. The average Bonchev–Trinajstić information content (AvgIpc) is 2.84. The van der Waals surface area contributed by atoms with Crippen LogP contribution in [0.2, 0.25) is 5.02 Å². The molecule has 0 unspecified atom stereocenters. The van der Waals surface area contributed by atoms with E-state index < -0.39 is 17.2 Å². The lowest BCUT2D eigenvalue weighted by molar-refractivity contribution is -0.639. The predicted octanol–water partition coefficient (Wildman–Crippen LogP) is 4.15. The highest BCUT2D eigenvalue weighted by molar-refractivity contribution is 6.30. The number of ether oxygens (including phenoxy) is 1. The molecule has 0 saturated heterocycles. The average molecular weight is 510 g/mol. The van der Waals surface area contributed by atoms with Crippen molar-refractivity contribution in [3.63, 3.8) is 0 Å². The topological polar surface area (TPSA) is 84.2 Å². The van der Waals surface area contributed by atoms with Crippen LogP contribution in [0.15, 0.2) is 89.6 Å². The molecule has 1 aliphatic heterocycles. The zero-order valence-electron chi connectivity index (χ0n) is 18.7. The fraction of sp³-hybridized carbons (Fsp3) is 0.0769. The second-order valence-electron chi connectivity index (χ2n) is 8.02. The van der Waals surface area contributed by atoms with Crippen LogP contribution in [0.25, 0.3) is 16.8 Å².